The van der Waals surface area contributed by atoms with Crippen molar-refractivity contribution >= 4 is 0 Å². The fourth-order valence-electron chi connectivity index (χ4n) is 3.06. The van der Waals surface area contributed by atoms with Crippen molar-refractivity contribution in [1.29, 1.82) is 0 Å². The lowest BCUT2D eigenvalue weighted by Crippen LogP contribution is -2.56. The van der Waals surface area contributed by atoms with Crippen LogP contribution in [0.1, 0.15) is 46.1 Å². The first-order valence-electron chi connectivity index (χ1n) is 7.32. The summed E-state index contributed by atoms with van der Waals surface area (Å²) in [7, 11) is 0. The number of rotatable bonds is 7. The van der Waals surface area contributed by atoms with Crippen LogP contribution in [0.25, 0.3) is 0 Å². The van der Waals surface area contributed by atoms with Gasteiger partial charge in [0.25, 0.3) is 0 Å². The minimum Gasteiger partial charge on any atom is -0.320 e. The molecule has 2 atom stereocenters. The van der Waals surface area contributed by atoms with Gasteiger partial charge < -0.3 is 5.73 Å². The van der Waals surface area contributed by atoms with E-state index >= 15 is 0 Å². The quantitative estimate of drug-likeness (QED) is 0.818. The molecule has 1 aromatic rings. The highest BCUT2D eigenvalue weighted by molar-refractivity contribution is 5.28. The normalized spacial score (nSPS) is 16.4. The van der Waals surface area contributed by atoms with Gasteiger partial charge in [-0.15, -0.1) is 0 Å². The number of likely N-dealkylation sites (N-methyl/N-ethyl adjacent to an activating group) is 1. The second kappa shape index (κ2) is 7.01. The van der Waals surface area contributed by atoms with Gasteiger partial charge in [0, 0.05) is 11.6 Å². The van der Waals surface area contributed by atoms with Crippen molar-refractivity contribution in [3.8, 4) is 0 Å². The number of halogens is 1. The summed E-state index contributed by atoms with van der Waals surface area (Å²) < 4.78 is 14.1. The van der Waals surface area contributed by atoms with E-state index in [2.05, 4.69) is 25.7 Å². The molecule has 0 spiro atoms. The Bertz CT molecular complexity index is 390. The van der Waals surface area contributed by atoms with Gasteiger partial charge in [0.05, 0.1) is 5.54 Å². The maximum absolute atomic E-state index is 14.1. The number of hydrogen-bond acceptors (Lipinski definition) is 2. The average Bonchev–Trinajstić information content (AvgIpc) is 2.44. The molecule has 0 aliphatic rings. The van der Waals surface area contributed by atoms with E-state index in [-0.39, 0.29) is 11.9 Å². The van der Waals surface area contributed by atoms with Crippen molar-refractivity contribution in [2.24, 2.45) is 5.73 Å². The van der Waals surface area contributed by atoms with Gasteiger partial charge in [-0.1, -0.05) is 45.9 Å². The molecule has 0 bridgehead atoms. The topological polar surface area (TPSA) is 29.3 Å². The summed E-state index contributed by atoms with van der Waals surface area (Å²) in [5, 5.41) is 0. The van der Waals surface area contributed by atoms with Gasteiger partial charge in [-0.3, -0.25) is 4.90 Å². The zero-order valence-corrected chi connectivity index (χ0v) is 12.6. The van der Waals surface area contributed by atoms with Gasteiger partial charge in [-0.25, -0.2) is 4.39 Å². The maximum atomic E-state index is 14.1. The predicted molar refractivity (Wildman–Crippen MR) is 79.6 cm³/mol. The van der Waals surface area contributed by atoms with Gasteiger partial charge in [0.15, 0.2) is 0 Å². The Hall–Kier alpha value is -0.930. The Morgan fingerprint density at radius 3 is 2.16 bits per heavy atom. The standard InChI is InChI=1S/C16H27FN2/c1-5-15(19(7-3)8-4)16(18,6-2)13-11-9-10-12-14(13)17/h9-12,15H,5-8,18H2,1-4H3. The monoisotopic (exact) mass is 266 g/mol. The van der Waals surface area contributed by atoms with E-state index in [1.54, 1.807) is 6.07 Å². The molecular weight excluding hydrogens is 239 g/mol. The van der Waals surface area contributed by atoms with Crippen LogP contribution in [0.2, 0.25) is 0 Å². The van der Waals surface area contributed by atoms with Crippen molar-refractivity contribution in [3.05, 3.63) is 35.6 Å². The molecule has 0 radical (unpaired) electrons. The molecule has 1 aromatic carbocycles. The molecule has 108 valence electrons. The molecule has 0 aromatic heterocycles. The molecule has 0 aliphatic carbocycles. The summed E-state index contributed by atoms with van der Waals surface area (Å²) in [5.41, 5.74) is 6.65. The van der Waals surface area contributed by atoms with E-state index < -0.39 is 5.54 Å². The van der Waals surface area contributed by atoms with Crippen LogP contribution in [0.4, 0.5) is 4.39 Å². The Morgan fingerprint density at radius 2 is 1.74 bits per heavy atom. The first kappa shape index (κ1) is 16.1. The highest BCUT2D eigenvalue weighted by Crippen LogP contribution is 2.32. The molecule has 0 aliphatic heterocycles. The van der Waals surface area contributed by atoms with Gasteiger partial charge in [-0.05, 0) is 32.0 Å². The van der Waals surface area contributed by atoms with Crippen molar-refractivity contribution < 1.29 is 4.39 Å². The number of hydrogen-bond donors (Lipinski definition) is 1. The second-order valence-corrected chi connectivity index (χ2v) is 5.02. The van der Waals surface area contributed by atoms with Crippen molar-refractivity contribution in [2.75, 3.05) is 13.1 Å². The fourth-order valence-corrected chi connectivity index (χ4v) is 3.06. The lowest BCUT2D eigenvalue weighted by molar-refractivity contribution is 0.118. The Labute approximate surface area is 116 Å². The van der Waals surface area contributed by atoms with Crippen LogP contribution in [0, 0.1) is 5.82 Å². The Kier molecular flexibility index (Phi) is 5.95. The molecule has 19 heavy (non-hydrogen) atoms. The van der Waals surface area contributed by atoms with Crippen molar-refractivity contribution in [3.63, 3.8) is 0 Å². The molecule has 2 unspecified atom stereocenters. The van der Waals surface area contributed by atoms with Gasteiger partial charge in [0.2, 0.25) is 0 Å². The summed E-state index contributed by atoms with van der Waals surface area (Å²) in [6.45, 7) is 10.3. The number of benzene rings is 1. The predicted octanol–water partition coefficient (Wildman–Crippen LogP) is 3.51. The largest absolute Gasteiger partial charge is 0.320 e. The number of nitrogens with two attached hydrogens (primary N) is 1. The van der Waals surface area contributed by atoms with Crippen LogP contribution in [-0.2, 0) is 5.54 Å². The highest BCUT2D eigenvalue weighted by Gasteiger charge is 2.38. The molecule has 1 rings (SSSR count). The first-order chi connectivity index (χ1) is 9.04. The smallest absolute Gasteiger partial charge is 0.128 e. The van der Waals surface area contributed by atoms with E-state index in [1.807, 2.05) is 19.1 Å². The molecule has 0 saturated heterocycles. The second-order valence-electron chi connectivity index (χ2n) is 5.02. The Balaban J connectivity index is 3.24. The van der Waals surface area contributed by atoms with E-state index in [1.165, 1.54) is 6.07 Å². The van der Waals surface area contributed by atoms with E-state index in [4.69, 9.17) is 5.73 Å². The molecule has 0 fully saturated rings. The van der Waals surface area contributed by atoms with Crippen molar-refractivity contribution in [2.45, 2.75) is 52.1 Å². The third kappa shape index (κ3) is 3.15. The van der Waals surface area contributed by atoms with Gasteiger partial charge in [-0.2, -0.15) is 0 Å². The molecule has 0 amide bonds. The average molecular weight is 266 g/mol. The molecule has 3 heteroatoms. The lowest BCUT2D eigenvalue weighted by Gasteiger charge is -2.43. The molecule has 0 heterocycles. The summed E-state index contributed by atoms with van der Waals surface area (Å²) in [5.74, 6) is -0.197. The van der Waals surface area contributed by atoms with Crippen molar-refractivity contribution in [1.82, 2.24) is 4.90 Å². The SMILES string of the molecule is CCC(N(CC)CC)C(N)(CC)c1ccccc1F. The van der Waals surface area contributed by atoms with E-state index in [0.717, 1.165) is 25.9 Å². The number of nitrogens with zero attached hydrogens (tertiary/aromatic N) is 1. The molecule has 2 N–H and O–H groups in total. The molecular formula is C16H27FN2. The zero-order chi connectivity index (χ0) is 14.5. The lowest BCUT2D eigenvalue weighted by atomic mass is 9.79. The maximum Gasteiger partial charge on any atom is 0.128 e. The van der Waals surface area contributed by atoms with E-state index in [9.17, 15) is 4.39 Å². The molecule has 2 nitrogen and oxygen atoms in total. The zero-order valence-electron chi connectivity index (χ0n) is 12.6. The summed E-state index contributed by atoms with van der Waals surface area (Å²) in [4.78, 5) is 2.33. The van der Waals surface area contributed by atoms with Crippen LogP contribution in [0.5, 0.6) is 0 Å². The minimum absolute atomic E-state index is 0.157. The van der Waals surface area contributed by atoms with Gasteiger partial charge in [0.1, 0.15) is 5.82 Å². The third-order valence-corrected chi connectivity index (χ3v) is 4.19. The Morgan fingerprint density at radius 1 is 1.16 bits per heavy atom. The van der Waals surface area contributed by atoms with Crippen LogP contribution in [-0.4, -0.2) is 24.0 Å². The van der Waals surface area contributed by atoms with Crippen LogP contribution in [0.3, 0.4) is 0 Å². The fraction of sp³-hybridized carbons (Fsp3) is 0.625. The highest BCUT2D eigenvalue weighted by atomic mass is 19.1. The summed E-state index contributed by atoms with van der Waals surface area (Å²) >= 11 is 0. The van der Waals surface area contributed by atoms with Crippen LogP contribution in [0.15, 0.2) is 24.3 Å². The minimum atomic E-state index is -0.633. The molecule has 0 saturated carbocycles. The summed E-state index contributed by atoms with van der Waals surface area (Å²) in [6, 6.07) is 7.06. The van der Waals surface area contributed by atoms with Crippen LogP contribution >= 0.6 is 0 Å². The van der Waals surface area contributed by atoms with Crippen LogP contribution < -0.4 is 5.73 Å². The van der Waals surface area contributed by atoms with Gasteiger partial charge >= 0.3 is 0 Å². The van der Waals surface area contributed by atoms with E-state index in [0.29, 0.717) is 5.56 Å². The summed E-state index contributed by atoms with van der Waals surface area (Å²) in [6.07, 6.45) is 1.64. The third-order valence-electron chi connectivity index (χ3n) is 4.19. The first-order valence-corrected chi connectivity index (χ1v) is 7.32.